The first kappa shape index (κ1) is 13.7. The summed E-state index contributed by atoms with van der Waals surface area (Å²) in [7, 11) is 0. The number of fused-ring (bicyclic) bond motifs is 1. The maximum Gasteiger partial charge on any atom is 0.335 e. The van der Waals surface area contributed by atoms with E-state index in [-0.39, 0.29) is 18.2 Å². The number of aromatic nitrogens is 2. The second kappa shape index (κ2) is 5.61. The molecule has 2 heterocycles. The molecule has 6 nitrogen and oxygen atoms in total. The highest BCUT2D eigenvalue weighted by atomic mass is 19.1. The Morgan fingerprint density at radius 3 is 3.10 bits per heavy atom. The lowest BCUT2D eigenvalue weighted by Crippen LogP contribution is -2.39. The van der Waals surface area contributed by atoms with Crippen molar-refractivity contribution in [1.82, 2.24) is 9.97 Å². The fraction of sp³-hybridized carbons (Fsp3) is 0.357. The van der Waals surface area contributed by atoms with Crippen LogP contribution in [-0.2, 0) is 4.74 Å². The van der Waals surface area contributed by atoms with Gasteiger partial charge in [-0.3, -0.25) is 0 Å². The van der Waals surface area contributed by atoms with Crippen molar-refractivity contribution in [2.24, 2.45) is 0 Å². The summed E-state index contributed by atoms with van der Waals surface area (Å²) in [6, 6.07) is 4.23. The number of carboxylic acids is 1. The number of nitrogens with zero attached hydrogens (tertiary/aromatic N) is 2. The van der Waals surface area contributed by atoms with Gasteiger partial charge in [0.25, 0.3) is 0 Å². The van der Waals surface area contributed by atoms with Crippen LogP contribution in [0.1, 0.15) is 16.8 Å². The van der Waals surface area contributed by atoms with Crippen LogP contribution in [0.3, 0.4) is 0 Å². The van der Waals surface area contributed by atoms with Crippen LogP contribution in [-0.4, -0.2) is 46.5 Å². The van der Waals surface area contributed by atoms with Crippen LogP contribution in [0.25, 0.3) is 10.9 Å². The third-order valence-electron chi connectivity index (χ3n) is 3.43. The summed E-state index contributed by atoms with van der Waals surface area (Å²) in [6.07, 6.45) is 1.02. The lowest BCUT2D eigenvalue weighted by Gasteiger charge is -2.26. The smallest absolute Gasteiger partial charge is 0.335 e. The molecule has 0 amide bonds. The normalized spacial score (nSPS) is 22.1. The van der Waals surface area contributed by atoms with E-state index in [2.05, 4.69) is 15.3 Å². The molecule has 1 aromatic carbocycles. The molecule has 2 N–H and O–H groups in total. The fourth-order valence-corrected chi connectivity index (χ4v) is 2.26. The van der Waals surface area contributed by atoms with Gasteiger partial charge < -0.3 is 15.2 Å². The number of ether oxygens (including phenoxy) is 1. The van der Waals surface area contributed by atoms with Crippen molar-refractivity contribution in [3.63, 3.8) is 0 Å². The van der Waals surface area contributed by atoms with Crippen LogP contribution in [0.5, 0.6) is 0 Å². The van der Waals surface area contributed by atoms with E-state index in [1.807, 2.05) is 0 Å². The van der Waals surface area contributed by atoms with E-state index in [1.165, 1.54) is 12.1 Å². The number of rotatable bonds is 3. The topological polar surface area (TPSA) is 84.3 Å². The zero-order valence-electron chi connectivity index (χ0n) is 11.1. The van der Waals surface area contributed by atoms with Gasteiger partial charge >= 0.3 is 5.97 Å². The molecule has 3 rings (SSSR count). The Hall–Kier alpha value is -2.28. The van der Waals surface area contributed by atoms with Gasteiger partial charge in [-0.15, -0.1) is 0 Å². The maximum absolute atomic E-state index is 13.7. The monoisotopic (exact) mass is 291 g/mol. The molecule has 110 valence electrons. The zero-order chi connectivity index (χ0) is 14.8. The van der Waals surface area contributed by atoms with Crippen molar-refractivity contribution in [2.75, 3.05) is 18.5 Å². The number of alkyl halides is 1. The Labute approximate surface area is 120 Å². The van der Waals surface area contributed by atoms with E-state index in [9.17, 15) is 9.18 Å². The van der Waals surface area contributed by atoms with E-state index in [1.54, 1.807) is 12.3 Å². The Morgan fingerprint density at radius 2 is 2.33 bits per heavy atom. The van der Waals surface area contributed by atoms with Gasteiger partial charge in [0.2, 0.25) is 5.95 Å². The van der Waals surface area contributed by atoms with Crippen LogP contribution in [0, 0.1) is 0 Å². The molecule has 2 atom stereocenters. The summed E-state index contributed by atoms with van der Waals surface area (Å²) < 4.78 is 18.7. The molecule has 1 aliphatic rings. The van der Waals surface area contributed by atoms with Gasteiger partial charge in [-0.1, -0.05) is 6.07 Å². The third-order valence-corrected chi connectivity index (χ3v) is 3.43. The fourth-order valence-electron chi connectivity index (χ4n) is 2.26. The first-order chi connectivity index (χ1) is 10.1. The number of aromatic carboxylic acids is 1. The van der Waals surface area contributed by atoms with Crippen LogP contribution < -0.4 is 5.32 Å². The van der Waals surface area contributed by atoms with Gasteiger partial charge in [-0.25, -0.2) is 19.2 Å². The van der Waals surface area contributed by atoms with Crippen LogP contribution >= 0.6 is 0 Å². The first-order valence-corrected chi connectivity index (χ1v) is 6.62. The standard InChI is InChI=1S/C14H14FN3O3/c15-10-7-21-4-3-11(10)17-14-16-6-9-2-1-8(13(19)20)5-12(9)18-14/h1-2,5-6,10-11H,3-4,7H2,(H,19,20)(H,16,17,18). The summed E-state index contributed by atoms with van der Waals surface area (Å²) in [5, 5.41) is 12.7. The van der Waals surface area contributed by atoms with Gasteiger partial charge in [0.15, 0.2) is 0 Å². The first-order valence-electron chi connectivity index (χ1n) is 6.62. The van der Waals surface area contributed by atoms with E-state index >= 15 is 0 Å². The van der Waals surface area contributed by atoms with Gasteiger partial charge in [-0.2, -0.15) is 0 Å². The molecule has 0 aliphatic carbocycles. The van der Waals surface area contributed by atoms with E-state index in [0.29, 0.717) is 24.5 Å². The van der Waals surface area contributed by atoms with E-state index in [0.717, 1.165) is 5.39 Å². The molecule has 0 spiro atoms. The lowest BCUT2D eigenvalue weighted by atomic mass is 10.1. The van der Waals surface area contributed by atoms with E-state index < -0.39 is 12.1 Å². The predicted molar refractivity (Wildman–Crippen MR) is 74.2 cm³/mol. The number of halogens is 1. The van der Waals surface area contributed by atoms with Crippen molar-refractivity contribution >= 4 is 22.8 Å². The average Bonchev–Trinajstić information content (AvgIpc) is 2.49. The molecule has 2 aromatic rings. The Bertz CT molecular complexity index is 680. The summed E-state index contributed by atoms with van der Waals surface area (Å²) in [4.78, 5) is 19.4. The minimum Gasteiger partial charge on any atom is -0.478 e. The maximum atomic E-state index is 13.7. The largest absolute Gasteiger partial charge is 0.478 e. The molecule has 1 aromatic heterocycles. The highest BCUT2D eigenvalue weighted by Gasteiger charge is 2.25. The molecule has 1 fully saturated rings. The van der Waals surface area contributed by atoms with Crippen molar-refractivity contribution in [1.29, 1.82) is 0 Å². The highest BCUT2D eigenvalue weighted by molar-refractivity contribution is 5.93. The molecule has 2 unspecified atom stereocenters. The number of carboxylic acid groups (broad SMARTS) is 1. The van der Waals surface area contributed by atoms with Gasteiger partial charge in [0.05, 0.1) is 23.7 Å². The van der Waals surface area contributed by atoms with Crippen molar-refractivity contribution in [3.05, 3.63) is 30.0 Å². The number of carbonyl (C=O) groups is 1. The summed E-state index contributed by atoms with van der Waals surface area (Å²) >= 11 is 0. The highest BCUT2D eigenvalue weighted by Crippen LogP contribution is 2.18. The van der Waals surface area contributed by atoms with Crippen LogP contribution in [0.2, 0.25) is 0 Å². The summed E-state index contributed by atoms with van der Waals surface area (Å²) in [6.45, 7) is 0.559. The molecule has 21 heavy (non-hydrogen) atoms. The molecule has 7 heteroatoms. The molecular weight excluding hydrogens is 277 g/mol. The zero-order valence-corrected chi connectivity index (χ0v) is 11.1. The molecule has 0 saturated carbocycles. The molecule has 0 radical (unpaired) electrons. The number of hydrogen-bond acceptors (Lipinski definition) is 5. The van der Waals surface area contributed by atoms with Crippen molar-refractivity contribution in [3.8, 4) is 0 Å². The average molecular weight is 291 g/mol. The van der Waals surface area contributed by atoms with Crippen molar-refractivity contribution < 1.29 is 19.0 Å². The Morgan fingerprint density at radius 1 is 1.48 bits per heavy atom. The minimum atomic E-state index is -1.11. The molecule has 1 aliphatic heterocycles. The minimum absolute atomic E-state index is 0.0639. The lowest BCUT2D eigenvalue weighted by molar-refractivity contribution is 0.0284. The second-order valence-corrected chi connectivity index (χ2v) is 4.90. The van der Waals surface area contributed by atoms with Crippen LogP contribution in [0.15, 0.2) is 24.4 Å². The summed E-state index contributed by atoms with van der Waals surface area (Å²) in [5.74, 6) is -0.724. The summed E-state index contributed by atoms with van der Waals surface area (Å²) in [5.41, 5.74) is 0.663. The number of benzene rings is 1. The third kappa shape index (κ3) is 2.92. The van der Waals surface area contributed by atoms with Gasteiger partial charge in [0.1, 0.15) is 6.17 Å². The number of anilines is 1. The van der Waals surface area contributed by atoms with Gasteiger partial charge in [0, 0.05) is 18.2 Å². The van der Waals surface area contributed by atoms with Gasteiger partial charge in [-0.05, 0) is 18.6 Å². The quantitative estimate of drug-likeness (QED) is 0.898. The molecule has 1 saturated heterocycles. The molecular formula is C14H14FN3O3. The number of hydrogen-bond donors (Lipinski definition) is 2. The Balaban J connectivity index is 1.87. The van der Waals surface area contributed by atoms with Crippen molar-refractivity contribution in [2.45, 2.75) is 18.6 Å². The SMILES string of the molecule is O=C(O)c1ccc2cnc(NC3CCOCC3F)nc2c1. The molecule has 0 bridgehead atoms. The number of nitrogens with one attached hydrogen (secondary N) is 1. The van der Waals surface area contributed by atoms with E-state index in [4.69, 9.17) is 9.84 Å². The Kier molecular flexibility index (Phi) is 3.66. The predicted octanol–water partition coefficient (Wildman–Crippen LogP) is 1.87. The second-order valence-electron chi connectivity index (χ2n) is 4.90. The van der Waals surface area contributed by atoms with Crippen LogP contribution in [0.4, 0.5) is 10.3 Å².